The number of aromatic nitrogens is 3. The molecule has 26 heavy (non-hydrogen) atoms. The Balaban J connectivity index is 1.46. The lowest BCUT2D eigenvalue weighted by atomic mass is 10.1. The molecule has 0 radical (unpaired) electrons. The van der Waals surface area contributed by atoms with E-state index >= 15 is 0 Å². The lowest BCUT2D eigenvalue weighted by Crippen LogP contribution is -2.25. The van der Waals surface area contributed by atoms with Crippen LogP contribution in [0.4, 0.5) is 0 Å². The first kappa shape index (κ1) is 17.0. The molecule has 132 valence electrons. The van der Waals surface area contributed by atoms with E-state index in [-0.39, 0.29) is 11.7 Å². The van der Waals surface area contributed by atoms with Crippen LogP contribution < -0.4 is 5.32 Å². The maximum atomic E-state index is 12.0. The van der Waals surface area contributed by atoms with Crippen molar-refractivity contribution in [3.63, 3.8) is 0 Å². The monoisotopic (exact) mass is 430 g/mol. The minimum Gasteiger partial charge on any atom is -0.444 e. The van der Waals surface area contributed by atoms with Crippen LogP contribution in [-0.4, -0.2) is 27.0 Å². The summed E-state index contributed by atoms with van der Waals surface area (Å²) in [6, 6.07) is 11.5. The van der Waals surface area contributed by atoms with Crippen molar-refractivity contribution in [2.75, 3.05) is 6.54 Å². The second-order valence-corrected chi connectivity index (χ2v) is 7.45. The number of carbonyl (C=O) groups is 1. The Morgan fingerprint density at radius 3 is 3.00 bits per heavy atom. The van der Waals surface area contributed by atoms with Gasteiger partial charge in [-0.3, -0.25) is 4.79 Å². The zero-order chi connectivity index (χ0) is 18.1. The molecule has 3 heterocycles. The lowest BCUT2D eigenvalue weighted by Gasteiger charge is -2.02. The number of furan rings is 1. The zero-order valence-electron chi connectivity index (χ0n) is 13.9. The minimum absolute atomic E-state index is 0.235. The summed E-state index contributed by atoms with van der Waals surface area (Å²) < 4.78 is 7.63. The highest BCUT2D eigenvalue weighted by atomic mass is 79.9. The van der Waals surface area contributed by atoms with Crippen LogP contribution in [0.15, 0.2) is 50.9 Å². The van der Waals surface area contributed by atoms with Gasteiger partial charge in [-0.25, -0.2) is 4.52 Å². The third kappa shape index (κ3) is 3.42. The maximum Gasteiger partial charge on any atom is 0.287 e. The van der Waals surface area contributed by atoms with E-state index in [9.17, 15) is 4.79 Å². The average molecular weight is 431 g/mol. The molecule has 3 aromatic heterocycles. The SMILES string of the molecule is Cc1cccc(-c2nc3scc(CCNC(=O)c4ccc(Br)o4)n3n2)c1. The smallest absolute Gasteiger partial charge is 0.287 e. The van der Waals surface area contributed by atoms with Crippen molar-refractivity contribution < 1.29 is 9.21 Å². The van der Waals surface area contributed by atoms with E-state index < -0.39 is 0 Å². The van der Waals surface area contributed by atoms with Crippen molar-refractivity contribution in [3.8, 4) is 11.4 Å². The van der Waals surface area contributed by atoms with Gasteiger partial charge in [-0.1, -0.05) is 23.8 Å². The van der Waals surface area contributed by atoms with Gasteiger partial charge in [-0.05, 0) is 41.1 Å². The Labute approximate surface area is 162 Å². The second-order valence-electron chi connectivity index (χ2n) is 5.84. The highest BCUT2D eigenvalue weighted by Crippen LogP contribution is 2.21. The highest BCUT2D eigenvalue weighted by Gasteiger charge is 2.13. The van der Waals surface area contributed by atoms with Crippen LogP contribution in [0.2, 0.25) is 0 Å². The van der Waals surface area contributed by atoms with E-state index in [2.05, 4.69) is 37.4 Å². The molecule has 0 fully saturated rings. The number of nitrogens with zero attached hydrogens (tertiary/aromatic N) is 3. The Morgan fingerprint density at radius 1 is 1.35 bits per heavy atom. The number of nitrogens with one attached hydrogen (secondary N) is 1. The maximum absolute atomic E-state index is 12.0. The molecule has 1 amide bonds. The summed E-state index contributed by atoms with van der Waals surface area (Å²) in [7, 11) is 0. The van der Waals surface area contributed by atoms with Crippen molar-refractivity contribution in [3.05, 3.63) is 63.5 Å². The molecule has 4 aromatic rings. The van der Waals surface area contributed by atoms with Crippen molar-refractivity contribution in [2.45, 2.75) is 13.3 Å². The quantitative estimate of drug-likeness (QED) is 0.517. The van der Waals surface area contributed by atoms with E-state index in [1.807, 2.05) is 35.0 Å². The van der Waals surface area contributed by atoms with Crippen molar-refractivity contribution in [1.82, 2.24) is 19.9 Å². The number of fused-ring (bicyclic) bond motifs is 1. The molecule has 0 aliphatic heterocycles. The largest absolute Gasteiger partial charge is 0.444 e. The fourth-order valence-corrected chi connectivity index (χ4v) is 3.79. The molecule has 0 saturated heterocycles. The number of halogens is 1. The molecule has 8 heteroatoms. The molecule has 0 spiro atoms. The van der Waals surface area contributed by atoms with E-state index in [4.69, 9.17) is 4.42 Å². The molecule has 0 unspecified atom stereocenters. The van der Waals surface area contributed by atoms with E-state index in [0.717, 1.165) is 16.2 Å². The summed E-state index contributed by atoms with van der Waals surface area (Å²) in [5.41, 5.74) is 3.19. The summed E-state index contributed by atoms with van der Waals surface area (Å²) in [4.78, 5) is 17.5. The molecule has 6 nitrogen and oxygen atoms in total. The van der Waals surface area contributed by atoms with Crippen LogP contribution in [0.25, 0.3) is 16.3 Å². The first-order valence-corrected chi connectivity index (χ1v) is 9.71. The van der Waals surface area contributed by atoms with E-state index in [1.54, 1.807) is 23.5 Å². The molecule has 4 rings (SSSR count). The summed E-state index contributed by atoms with van der Waals surface area (Å²) in [5.74, 6) is 0.766. The van der Waals surface area contributed by atoms with Gasteiger partial charge in [0.1, 0.15) is 0 Å². The van der Waals surface area contributed by atoms with Gasteiger partial charge in [0.25, 0.3) is 5.91 Å². The summed E-state index contributed by atoms with van der Waals surface area (Å²) in [6.45, 7) is 2.54. The highest BCUT2D eigenvalue weighted by molar-refractivity contribution is 9.10. The van der Waals surface area contributed by atoms with Crippen LogP contribution in [0, 0.1) is 6.92 Å². The summed E-state index contributed by atoms with van der Waals surface area (Å²) in [6.07, 6.45) is 0.657. The zero-order valence-corrected chi connectivity index (χ0v) is 16.3. The standard InChI is InChI=1S/C18H15BrN4O2S/c1-11-3-2-4-12(9-11)16-21-18-23(22-16)13(10-26-18)7-8-20-17(24)14-5-6-15(19)25-14/h2-6,9-10H,7-8H2,1H3,(H,20,24). The third-order valence-corrected chi connectivity index (χ3v) is 5.18. The molecule has 0 aliphatic carbocycles. The number of aryl methyl sites for hydroxylation is 1. The van der Waals surface area contributed by atoms with Crippen molar-refractivity contribution in [2.24, 2.45) is 0 Å². The predicted molar refractivity (Wildman–Crippen MR) is 103 cm³/mol. The number of carbonyl (C=O) groups excluding carboxylic acids is 1. The van der Waals surface area contributed by atoms with Gasteiger partial charge >= 0.3 is 0 Å². The number of thiazole rings is 1. The molecule has 0 atom stereocenters. The van der Waals surface area contributed by atoms with Gasteiger partial charge in [0, 0.05) is 23.9 Å². The molecule has 0 saturated carbocycles. The number of amides is 1. The number of rotatable bonds is 5. The van der Waals surface area contributed by atoms with Crippen LogP contribution in [0.5, 0.6) is 0 Å². The predicted octanol–water partition coefficient (Wildman–Crippen LogP) is 4.09. The molecule has 1 N–H and O–H groups in total. The Bertz CT molecular complexity index is 1080. The van der Waals surface area contributed by atoms with Gasteiger partial charge in [-0.15, -0.1) is 16.4 Å². The minimum atomic E-state index is -0.235. The number of hydrogen-bond acceptors (Lipinski definition) is 5. The number of hydrogen-bond donors (Lipinski definition) is 1. The Morgan fingerprint density at radius 2 is 2.23 bits per heavy atom. The molecular weight excluding hydrogens is 416 g/mol. The molecule has 0 aliphatic rings. The lowest BCUT2D eigenvalue weighted by molar-refractivity contribution is 0.0925. The van der Waals surface area contributed by atoms with E-state index in [0.29, 0.717) is 23.5 Å². The van der Waals surface area contributed by atoms with Gasteiger partial charge in [0.05, 0.1) is 5.69 Å². The summed E-state index contributed by atoms with van der Waals surface area (Å²) in [5, 5.41) is 9.49. The van der Waals surface area contributed by atoms with Crippen molar-refractivity contribution >= 4 is 38.1 Å². The fraction of sp³-hybridized carbons (Fsp3) is 0.167. The van der Waals surface area contributed by atoms with Crippen LogP contribution in [0.3, 0.4) is 0 Å². The third-order valence-electron chi connectivity index (χ3n) is 3.89. The Hall–Kier alpha value is -2.45. The fourth-order valence-electron chi connectivity index (χ4n) is 2.63. The normalized spacial score (nSPS) is 11.2. The molecular formula is C18H15BrN4O2S. The summed E-state index contributed by atoms with van der Waals surface area (Å²) >= 11 is 4.73. The number of benzene rings is 1. The van der Waals surface area contributed by atoms with Gasteiger partial charge in [0.15, 0.2) is 16.3 Å². The van der Waals surface area contributed by atoms with Gasteiger partial charge in [0.2, 0.25) is 4.96 Å². The molecule has 1 aromatic carbocycles. The van der Waals surface area contributed by atoms with Gasteiger partial charge in [-0.2, -0.15) is 4.98 Å². The first-order valence-electron chi connectivity index (χ1n) is 8.04. The van der Waals surface area contributed by atoms with Crippen LogP contribution in [-0.2, 0) is 6.42 Å². The first-order chi connectivity index (χ1) is 12.6. The van der Waals surface area contributed by atoms with Crippen LogP contribution in [0.1, 0.15) is 21.8 Å². The van der Waals surface area contributed by atoms with Crippen LogP contribution >= 0.6 is 27.3 Å². The topological polar surface area (TPSA) is 72.4 Å². The second kappa shape index (κ2) is 7.05. The van der Waals surface area contributed by atoms with E-state index in [1.165, 1.54) is 5.56 Å². The van der Waals surface area contributed by atoms with Gasteiger partial charge < -0.3 is 9.73 Å². The average Bonchev–Trinajstić information content (AvgIpc) is 3.31. The Kier molecular flexibility index (Phi) is 4.60. The molecule has 0 bridgehead atoms. The van der Waals surface area contributed by atoms with Crippen molar-refractivity contribution in [1.29, 1.82) is 0 Å².